The van der Waals surface area contributed by atoms with E-state index in [1.807, 2.05) is 19.1 Å². The van der Waals surface area contributed by atoms with Crippen LogP contribution in [0.15, 0.2) is 24.3 Å². The van der Waals surface area contributed by atoms with Gasteiger partial charge in [-0.05, 0) is 26.0 Å². The highest BCUT2D eigenvalue weighted by molar-refractivity contribution is 5.86. The molecule has 2 atom stereocenters. The fourth-order valence-electron chi connectivity index (χ4n) is 1.48. The fourth-order valence-corrected chi connectivity index (χ4v) is 1.48. The summed E-state index contributed by atoms with van der Waals surface area (Å²) in [5, 5.41) is 11.4. The van der Waals surface area contributed by atoms with E-state index in [0.717, 1.165) is 5.56 Å². The summed E-state index contributed by atoms with van der Waals surface area (Å²) >= 11 is 0. The highest BCUT2D eigenvalue weighted by Gasteiger charge is 2.24. The first-order valence-electron chi connectivity index (χ1n) is 6.20. The van der Waals surface area contributed by atoms with Gasteiger partial charge in [0.25, 0.3) is 5.91 Å². The Kier molecular flexibility index (Phi) is 5.99. The van der Waals surface area contributed by atoms with E-state index in [1.165, 1.54) is 7.11 Å². The zero-order chi connectivity index (χ0) is 15.1. The van der Waals surface area contributed by atoms with E-state index >= 15 is 0 Å². The first kappa shape index (κ1) is 16.0. The van der Waals surface area contributed by atoms with Crippen LogP contribution in [0.1, 0.15) is 12.5 Å². The van der Waals surface area contributed by atoms with Crippen LogP contribution in [-0.4, -0.2) is 42.8 Å². The van der Waals surface area contributed by atoms with Gasteiger partial charge in [-0.3, -0.25) is 4.79 Å². The van der Waals surface area contributed by atoms with E-state index in [9.17, 15) is 9.59 Å². The molecule has 110 valence electrons. The van der Waals surface area contributed by atoms with E-state index in [1.54, 1.807) is 19.1 Å². The lowest BCUT2D eigenvalue weighted by molar-refractivity contribution is -0.147. The summed E-state index contributed by atoms with van der Waals surface area (Å²) < 4.78 is 9.90. The number of hydrogen-bond donors (Lipinski definition) is 2. The number of amides is 1. The predicted molar refractivity (Wildman–Crippen MR) is 72.3 cm³/mol. The molecule has 2 N–H and O–H groups in total. The van der Waals surface area contributed by atoms with Crippen molar-refractivity contribution in [1.29, 1.82) is 0 Å². The molecule has 0 aliphatic rings. The number of carbonyl (C=O) groups excluding carboxylic acids is 2. The molecule has 0 spiro atoms. The molecule has 0 fully saturated rings. The number of rotatable bonds is 6. The van der Waals surface area contributed by atoms with Crippen LogP contribution in [0.25, 0.3) is 0 Å². The van der Waals surface area contributed by atoms with Gasteiger partial charge in [-0.25, -0.2) is 4.79 Å². The molecule has 1 aromatic carbocycles. The maximum Gasteiger partial charge on any atom is 0.330 e. The molecule has 1 amide bonds. The highest BCUT2D eigenvalue weighted by Crippen LogP contribution is 2.13. The molecule has 1 rings (SSSR count). The smallest absolute Gasteiger partial charge is 0.330 e. The second kappa shape index (κ2) is 7.49. The molecule has 0 saturated carbocycles. The SMILES string of the molecule is COC(=O)C(CO)NC(=O)C(C)Oc1ccc(C)cc1. The zero-order valence-corrected chi connectivity index (χ0v) is 11.8. The number of hydrogen-bond acceptors (Lipinski definition) is 5. The summed E-state index contributed by atoms with van der Waals surface area (Å²) in [5.41, 5.74) is 1.08. The zero-order valence-electron chi connectivity index (χ0n) is 11.8. The van der Waals surface area contributed by atoms with Gasteiger partial charge in [0.2, 0.25) is 0 Å². The van der Waals surface area contributed by atoms with Crippen LogP contribution in [-0.2, 0) is 14.3 Å². The van der Waals surface area contributed by atoms with Crippen LogP contribution in [0.5, 0.6) is 5.75 Å². The monoisotopic (exact) mass is 281 g/mol. The first-order valence-corrected chi connectivity index (χ1v) is 6.20. The fraction of sp³-hybridized carbons (Fsp3) is 0.429. The van der Waals surface area contributed by atoms with Crippen molar-refractivity contribution in [1.82, 2.24) is 5.32 Å². The molecule has 0 aliphatic heterocycles. The van der Waals surface area contributed by atoms with Gasteiger partial charge < -0.3 is 19.9 Å². The predicted octanol–water partition coefficient (Wildman–Crippen LogP) is 0.412. The molecule has 0 aromatic heterocycles. The van der Waals surface area contributed by atoms with Gasteiger partial charge >= 0.3 is 5.97 Å². The van der Waals surface area contributed by atoms with Crippen LogP contribution in [0.2, 0.25) is 0 Å². The van der Waals surface area contributed by atoms with Crippen LogP contribution in [0.4, 0.5) is 0 Å². The molecular weight excluding hydrogens is 262 g/mol. The lowest BCUT2D eigenvalue weighted by Crippen LogP contribution is -2.48. The Balaban J connectivity index is 2.58. The summed E-state index contributed by atoms with van der Waals surface area (Å²) in [6.45, 7) is 2.97. The lowest BCUT2D eigenvalue weighted by atomic mass is 10.2. The topological polar surface area (TPSA) is 84.9 Å². The number of aliphatic hydroxyl groups is 1. The Hall–Kier alpha value is -2.08. The molecule has 20 heavy (non-hydrogen) atoms. The van der Waals surface area contributed by atoms with Gasteiger partial charge in [0.05, 0.1) is 13.7 Å². The molecular formula is C14H19NO5. The summed E-state index contributed by atoms with van der Waals surface area (Å²) in [7, 11) is 1.18. The second-order valence-corrected chi connectivity index (χ2v) is 4.34. The van der Waals surface area contributed by atoms with Gasteiger partial charge in [-0.2, -0.15) is 0 Å². The van der Waals surface area contributed by atoms with Gasteiger partial charge in [0.15, 0.2) is 12.1 Å². The minimum absolute atomic E-state index is 0.505. The van der Waals surface area contributed by atoms with Crippen LogP contribution >= 0.6 is 0 Å². The molecule has 1 aromatic rings. The van der Waals surface area contributed by atoms with Gasteiger partial charge in [-0.1, -0.05) is 17.7 Å². The Morgan fingerprint density at radius 2 is 1.90 bits per heavy atom. The standard InChI is InChI=1S/C14H19NO5/c1-9-4-6-11(7-5-9)20-10(2)13(17)15-12(8-16)14(18)19-3/h4-7,10,12,16H,8H2,1-3H3,(H,15,17). The van der Waals surface area contributed by atoms with E-state index in [4.69, 9.17) is 9.84 Å². The van der Waals surface area contributed by atoms with E-state index in [-0.39, 0.29) is 0 Å². The van der Waals surface area contributed by atoms with Crippen molar-refractivity contribution < 1.29 is 24.2 Å². The van der Waals surface area contributed by atoms with Crippen molar-refractivity contribution in [2.45, 2.75) is 26.0 Å². The first-order chi connectivity index (χ1) is 9.47. The number of methoxy groups -OCH3 is 1. The molecule has 0 heterocycles. The number of ether oxygens (including phenoxy) is 2. The van der Waals surface area contributed by atoms with Crippen molar-refractivity contribution in [2.75, 3.05) is 13.7 Å². The Morgan fingerprint density at radius 1 is 1.30 bits per heavy atom. The minimum atomic E-state index is -1.09. The van der Waals surface area contributed by atoms with Crippen molar-refractivity contribution >= 4 is 11.9 Å². The van der Waals surface area contributed by atoms with Gasteiger partial charge in [-0.15, -0.1) is 0 Å². The average molecular weight is 281 g/mol. The summed E-state index contributed by atoms with van der Waals surface area (Å²) in [4.78, 5) is 23.1. The van der Waals surface area contributed by atoms with E-state index in [0.29, 0.717) is 5.75 Å². The molecule has 0 aliphatic carbocycles. The van der Waals surface area contributed by atoms with Gasteiger partial charge in [0, 0.05) is 0 Å². The third-order valence-corrected chi connectivity index (χ3v) is 2.69. The number of carbonyl (C=O) groups is 2. The lowest BCUT2D eigenvalue weighted by Gasteiger charge is -2.18. The van der Waals surface area contributed by atoms with Crippen molar-refractivity contribution in [3.8, 4) is 5.75 Å². The van der Waals surface area contributed by atoms with Crippen molar-refractivity contribution in [3.63, 3.8) is 0 Å². The number of aryl methyl sites for hydroxylation is 1. The van der Waals surface area contributed by atoms with Crippen molar-refractivity contribution in [3.05, 3.63) is 29.8 Å². The van der Waals surface area contributed by atoms with Crippen LogP contribution < -0.4 is 10.1 Å². The Bertz CT molecular complexity index is 457. The number of benzene rings is 1. The van der Waals surface area contributed by atoms with E-state index < -0.39 is 30.6 Å². The van der Waals surface area contributed by atoms with Crippen LogP contribution in [0, 0.1) is 6.92 Å². The number of nitrogens with one attached hydrogen (secondary N) is 1. The number of esters is 1. The average Bonchev–Trinajstić information content (AvgIpc) is 2.45. The van der Waals surface area contributed by atoms with E-state index in [2.05, 4.69) is 10.1 Å². The summed E-state index contributed by atoms with van der Waals surface area (Å²) in [5.74, 6) is -0.657. The molecule has 2 unspecified atom stereocenters. The normalized spacial score (nSPS) is 13.2. The molecule has 6 nitrogen and oxygen atoms in total. The maximum atomic E-state index is 11.8. The van der Waals surface area contributed by atoms with Crippen molar-refractivity contribution in [2.24, 2.45) is 0 Å². The largest absolute Gasteiger partial charge is 0.481 e. The molecule has 0 saturated heterocycles. The summed E-state index contributed by atoms with van der Waals surface area (Å²) in [6, 6.07) is 6.15. The highest BCUT2D eigenvalue weighted by atomic mass is 16.5. The Morgan fingerprint density at radius 3 is 2.40 bits per heavy atom. The molecule has 6 heteroatoms. The minimum Gasteiger partial charge on any atom is -0.481 e. The summed E-state index contributed by atoms with van der Waals surface area (Å²) in [6.07, 6.45) is -0.795. The third-order valence-electron chi connectivity index (χ3n) is 2.69. The van der Waals surface area contributed by atoms with Crippen LogP contribution in [0.3, 0.4) is 0 Å². The number of aliphatic hydroxyl groups excluding tert-OH is 1. The second-order valence-electron chi connectivity index (χ2n) is 4.34. The quantitative estimate of drug-likeness (QED) is 0.738. The van der Waals surface area contributed by atoms with Gasteiger partial charge in [0.1, 0.15) is 5.75 Å². The maximum absolute atomic E-state index is 11.8. The molecule has 0 bridgehead atoms. The third kappa shape index (κ3) is 4.55. The Labute approximate surface area is 117 Å². The molecule has 0 radical (unpaired) electrons.